The first-order chi connectivity index (χ1) is 21.3. The van der Waals surface area contributed by atoms with Gasteiger partial charge in [0, 0.05) is 42.9 Å². The highest BCUT2D eigenvalue weighted by Gasteiger charge is 2.22. The van der Waals surface area contributed by atoms with Crippen LogP contribution < -0.4 is 4.90 Å². The molecule has 0 saturated heterocycles. The van der Waals surface area contributed by atoms with Crippen molar-refractivity contribution in [3.05, 3.63) is 152 Å². The largest absolute Gasteiger partial charge is 0.455 e. The van der Waals surface area contributed by atoms with E-state index >= 15 is 0 Å². The summed E-state index contributed by atoms with van der Waals surface area (Å²) in [4.78, 5) is 2.42. The molecule has 202 valence electrons. The van der Waals surface area contributed by atoms with Crippen molar-refractivity contribution in [2.75, 3.05) is 4.90 Å². The Bertz CT molecular complexity index is 2470. The van der Waals surface area contributed by atoms with E-state index in [0.717, 1.165) is 49.8 Å². The summed E-state index contributed by atoms with van der Waals surface area (Å²) in [5.41, 5.74) is 7.58. The molecule has 0 unspecified atom stereocenters. The van der Waals surface area contributed by atoms with Crippen LogP contribution in [0.15, 0.2) is 156 Å². The number of hydrogen-bond acceptors (Lipinski definition) is 3. The van der Waals surface area contributed by atoms with Gasteiger partial charge in [-0.15, -0.1) is 11.3 Å². The molecule has 2 nitrogen and oxygen atoms in total. The smallest absolute Gasteiger partial charge is 0.143 e. The Morgan fingerprint density at radius 3 is 2.09 bits per heavy atom. The molecule has 0 spiro atoms. The van der Waals surface area contributed by atoms with Gasteiger partial charge in [0.25, 0.3) is 0 Å². The van der Waals surface area contributed by atoms with E-state index in [1.165, 1.54) is 31.2 Å². The van der Waals surface area contributed by atoms with Crippen molar-refractivity contribution in [3.63, 3.8) is 0 Å². The summed E-state index contributed by atoms with van der Waals surface area (Å²) in [7, 11) is 0. The van der Waals surface area contributed by atoms with Crippen LogP contribution in [0.4, 0.5) is 17.1 Å². The van der Waals surface area contributed by atoms with Crippen molar-refractivity contribution >= 4 is 81.3 Å². The maximum atomic E-state index is 6.58. The second-order valence-electron chi connectivity index (χ2n) is 10.9. The maximum absolute atomic E-state index is 6.58. The van der Waals surface area contributed by atoms with Gasteiger partial charge in [-0.25, -0.2) is 0 Å². The second kappa shape index (κ2) is 9.59. The lowest BCUT2D eigenvalue weighted by molar-refractivity contribution is 0.673. The van der Waals surface area contributed by atoms with E-state index in [2.05, 4.69) is 157 Å². The fourth-order valence-corrected chi connectivity index (χ4v) is 7.77. The summed E-state index contributed by atoms with van der Waals surface area (Å²) >= 11 is 1.86. The molecule has 0 radical (unpaired) electrons. The van der Waals surface area contributed by atoms with E-state index < -0.39 is 0 Å². The molecule has 0 saturated carbocycles. The third-order valence-corrected chi connectivity index (χ3v) is 9.67. The monoisotopic (exact) mass is 567 g/mol. The molecule has 0 fully saturated rings. The molecule has 9 rings (SSSR count). The lowest BCUT2D eigenvalue weighted by Gasteiger charge is -2.28. The molecule has 0 aliphatic rings. The van der Waals surface area contributed by atoms with Gasteiger partial charge in [0.15, 0.2) is 0 Å². The van der Waals surface area contributed by atoms with Crippen LogP contribution in [-0.2, 0) is 0 Å². The molecular weight excluding hydrogens is 543 g/mol. The first-order valence-corrected chi connectivity index (χ1v) is 15.3. The number of para-hydroxylation sites is 2. The van der Waals surface area contributed by atoms with Crippen LogP contribution in [0, 0.1) is 0 Å². The second-order valence-corrected chi connectivity index (χ2v) is 11.9. The molecule has 0 bridgehead atoms. The summed E-state index contributed by atoms with van der Waals surface area (Å²) in [5, 5.41) is 7.18. The highest BCUT2D eigenvalue weighted by atomic mass is 32.1. The molecule has 3 heteroatoms. The zero-order valence-electron chi connectivity index (χ0n) is 23.2. The minimum absolute atomic E-state index is 0.900. The van der Waals surface area contributed by atoms with E-state index in [4.69, 9.17) is 4.42 Å². The average Bonchev–Trinajstić information content (AvgIpc) is 3.65. The van der Waals surface area contributed by atoms with Crippen LogP contribution >= 0.6 is 11.3 Å². The van der Waals surface area contributed by atoms with Crippen LogP contribution in [0.1, 0.15) is 0 Å². The Kier molecular flexibility index (Phi) is 5.40. The van der Waals surface area contributed by atoms with Crippen molar-refractivity contribution in [1.82, 2.24) is 0 Å². The van der Waals surface area contributed by atoms with E-state index in [-0.39, 0.29) is 0 Å². The number of nitrogens with zero attached hydrogens (tertiary/aromatic N) is 1. The SMILES string of the molecule is c1ccc(N(c2ccccc2-c2cccc3oc4c5ccccc5ccc4c23)c2cccc3c2sc2ccccc23)cc1. The molecular formula is C40H25NOS. The van der Waals surface area contributed by atoms with Crippen LogP contribution in [0.3, 0.4) is 0 Å². The Balaban J connectivity index is 1.35. The van der Waals surface area contributed by atoms with E-state index in [9.17, 15) is 0 Å². The summed E-state index contributed by atoms with van der Waals surface area (Å²) in [6.07, 6.45) is 0. The standard InChI is InChI=1S/C40H25NOS/c1-2-13-27(14-3-1)41(35-21-10-19-32-30-17-7-9-23-37(30)43-40(32)35)34-20-8-6-16-29(34)31-18-11-22-36-38(31)33-25-24-26-12-4-5-15-28(26)39(33)42-36/h1-25H. The Morgan fingerprint density at radius 1 is 0.465 bits per heavy atom. The van der Waals surface area contributed by atoms with Crippen LogP contribution in [-0.4, -0.2) is 0 Å². The minimum Gasteiger partial charge on any atom is -0.455 e. The number of furan rings is 1. The van der Waals surface area contributed by atoms with Crippen molar-refractivity contribution in [2.24, 2.45) is 0 Å². The van der Waals surface area contributed by atoms with Crippen molar-refractivity contribution in [2.45, 2.75) is 0 Å². The van der Waals surface area contributed by atoms with Gasteiger partial charge in [-0.3, -0.25) is 0 Å². The Labute approximate surface area is 252 Å². The van der Waals surface area contributed by atoms with E-state index in [0.29, 0.717) is 0 Å². The van der Waals surface area contributed by atoms with Crippen molar-refractivity contribution in [3.8, 4) is 11.1 Å². The summed E-state index contributed by atoms with van der Waals surface area (Å²) < 4.78 is 9.15. The predicted molar refractivity (Wildman–Crippen MR) is 184 cm³/mol. The van der Waals surface area contributed by atoms with Gasteiger partial charge in [-0.1, -0.05) is 109 Å². The predicted octanol–water partition coefficient (Wildman–Crippen LogP) is 12.2. The van der Waals surface area contributed by atoms with Crippen molar-refractivity contribution < 1.29 is 4.42 Å². The molecule has 43 heavy (non-hydrogen) atoms. The molecule has 0 aliphatic heterocycles. The zero-order chi connectivity index (χ0) is 28.3. The molecule has 0 aliphatic carbocycles. The number of benzene rings is 7. The van der Waals surface area contributed by atoms with Gasteiger partial charge in [0.2, 0.25) is 0 Å². The lowest BCUT2D eigenvalue weighted by Crippen LogP contribution is -2.11. The molecule has 2 aromatic heterocycles. The molecule has 7 aromatic carbocycles. The highest BCUT2D eigenvalue weighted by Crippen LogP contribution is 2.48. The molecule has 2 heterocycles. The Hall–Kier alpha value is -5.38. The number of thiophene rings is 1. The first kappa shape index (κ1) is 24.2. The number of anilines is 3. The zero-order valence-corrected chi connectivity index (χ0v) is 24.0. The number of fused-ring (bicyclic) bond motifs is 8. The quantitative estimate of drug-likeness (QED) is 0.210. The summed E-state index contributed by atoms with van der Waals surface area (Å²) in [6, 6.07) is 54.1. The van der Waals surface area contributed by atoms with Gasteiger partial charge in [0.1, 0.15) is 11.2 Å². The van der Waals surface area contributed by atoms with Crippen molar-refractivity contribution in [1.29, 1.82) is 0 Å². The number of hydrogen-bond donors (Lipinski definition) is 0. The van der Waals surface area contributed by atoms with Crippen LogP contribution in [0.2, 0.25) is 0 Å². The summed E-state index contributed by atoms with van der Waals surface area (Å²) in [5.74, 6) is 0. The molecule has 9 aromatic rings. The molecule has 0 amide bonds. The highest BCUT2D eigenvalue weighted by molar-refractivity contribution is 7.26. The van der Waals surface area contributed by atoms with Crippen LogP contribution in [0.25, 0.3) is 64.0 Å². The van der Waals surface area contributed by atoms with E-state index in [1.54, 1.807) is 0 Å². The van der Waals surface area contributed by atoms with Gasteiger partial charge < -0.3 is 9.32 Å². The van der Waals surface area contributed by atoms with E-state index in [1.807, 2.05) is 11.3 Å². The fourth-order valence-electron chi connectivity index (χ4n) is 6.57. The fraction of sp³-hybridized carbons (Fsp3) is 0. The summed E-state index contributed by atoms with van der Waals surface area (Å²) in [6.45, 7) is 0. The average molecular weight is 568 g/mol. The Morgan fingerprint density at radius 2 is 1.16 bits per heavy atom. The minimum atomic E-state index is 0.900. The van der Waals surface area contributed by atoms with Gasteiger partial charge in [0.05, 0.1) is 16.1 Å². The van der Waals surface area contributed by atoms with Crippen LogP contribution in [0.5, 0.6) is 0 Å². The molecule has 0 atom stereocenters. The van der Waals surface area contributed by atoms with Gasteiger partial charge >= 0.3 is 0 Å². The topological polar surface area (TPSA) is 16.4 Å². The molecule has 0 N–H and O–H groups in total. The first-order valence-electron chi connectivity index (χ1n) is 14.5. The normalized spacial score (nSPS) is 11.7. The third kappa shape index (κ3) is 3.72. The third-order valence-electron chi connectivity index (χ3n) is 8.46. The lowest BCUT2D eigenvalue weighted by atomic mass is 9.96. The number of rotatable bonds is 4. The maximum Gasteiger partial charge on any atom is 0.143 e. The van der Waals surface area contributed by atoms with Gasteiger partial charge in [-0.05, 0) is 53.4 Å². The van der Waals surface area contributed by atoms with Gasteiger partial charge in [-0.2, -0.15) is 0 Å².